The molecule has 0 aliphatic carbocycles. The molecule has 0 bridgehead atoms. The standard InChI is InChI=1S/C9H19NO2/c1-7(2)10-6-8(11)9-4-3-5-12-9/h7-11H,3-6H2,1-2H3. The van der Waals surface area contributed by atoms with Crippen LogP contribution < -0.4 is 5.32 Å². The highest BCUT2D eigenvalue weighted by atomic mass is 16.5. The molecule has 1 fully saturated rings. The van der Waals surface area contributed by atoms with Gasteiger partial charge in [0.25, 0.3) is 0 Å². The maximum atomic E-state index is 9.61. The van der Waals surface area contributed by atoms with Crippen molar-refractivity contribution >= 4 is 0 Å². The number of aliphatic hydroxyl groups excluding tert-OH is 1. The highest BCUT2D eigenvalue weighted by Crippen LogP contribution is 2.15. The molecule has 12 heavy (non-hydrogen) atoms. The van der Waals surface area contributed by atoms with Crippen LogP contribution >= 0.6 is 0 Å². The monoisotopic (exact) mass is 173 g/mol. The van der Waals surface area contributed by atoms with Crippen molar-refractivity contribution < 1.29 is 9.84 Å². The van der Waals surface area contributed by atoms with Crippen LogP contribution in [0.1, 0.15) is 26.7 Å². The first kappa shape index (κ1) is 9.96. The molecular weight excluding hydrogens is 154 g/mol. The van der Waals surface area contributed by atoms with Crippen LogP contribution in [-0.2, 0) is 4.74 Å². The number of nitrogens with one attached hydrogen (secondary N) is 1. The second-order valence-electron chi connectivity index (χ2n) is 3.68. The van der Waals surface area contributed by atoms with Crippen LogP contribution in [-0.4, -0.2) is 36.5 Å². The van der Waals surface area contributed by atoms with Crippen LogP contribution in [0.4, 0.5) is 0 Å². The maximum absolute atomic E-state index is 9.61. The average molecular weight is 173 g/mol. The molecule has 0 aromatic heterocycles. The number of ether oxygens (including phenoxy) is 1. The Morgan fingerprint density at radius 2 is 2.33 bits per heavy atom. The molecule has 0 aromatic rings. The Morgan fingerprint density at radius 1 is 1.58 bits per heavy atom. The second kappa shape index (κ2) is 4.80. The predicted octanol–water partition coefficient (Wildman–Crippen LogP) is 0.524. The Balaban J connectivity index is 2.13. The van der Waals surface area contributed by atoms with Crippen LogP contribution in [0, 0.1) is 0 Å². The number of hydrogen-bond acceptors (Lipinski definition) is 3. The minimum absolute atomic E-state index is 0.0660. The molecule has 72 valence electrons. The van der Waals surface area contributed by atoms with Crippen LogP contribution in [0.25, 0.3) is 0 Å². The molecule has 0 amide bonds. The summed E-state index contributed by atoms with van der Waals surface area (Å²) in [4.78, 5) is 0. The first-order valence-electron chi connectivity index (χ1n) is 4.73. The van der Waals surface area contributed by atoms with Gasteiger partial charge in [0.05, 0.1) is 12.2 Å². The van der Waals surface area contributed by atoms with Gasteiger partial charge < -0.3 is 15.2 Å². The van der Waals surface area contributed by atoms with Crippen molar-refractivity contribution in [2.45, 2.75) is 44.9 Å². The zero-order chi connectivity index (χ0) is 8.97. The molecule has 1 rings (SSSR count). The summed E-state index contributed by atoms with van der Waals surface area (Å²) in [6, 6.07) is 0.432. The number of rotatable bonds is 4. The zero-order valence-electron chi connectivity index (χ0n) is 7.92. The second-order valence-corrected chi connectivity index (χ2v) is 3.68. The van der Waals surface area contributed by atoms with E-state index in [1.54, 1.807) is 0 Å². The van der Waals surface area contributed by atoms with E-state index in [9.17, 15) is 5.11 Å². The quantitative estimate of drug-likeness (QED) is 0.651. The van der Waals surface area contributed by atoms with Gasteiger partial charge in [-0.15, -0.1) is 0 Å². The first-order chi connectivity index (χ1) is 5.70. The highest BCUT2D eigenvalue weighted by molar-refractivity contribution is 4.75. The van der Waals surface area contributed by atoms with Gasteiger partial charge >= 0.3 is 0 Å². The lowest BCUT2D eigenvalue weighted by Gasteiger charge is -2.19. The predicted molar refractivity (Wildman–Crippen MR) is 48.1 cm³/mol. The Hall–Kier alpha value is -0.120. The van der Waals surface area contributed by atoms with Gasteiger partial charge in [0.15, 0.2) is 0 Å². The van der Waals surface area contributed by atoms with E-state index in [-0.39, 0.29) is 12.2 Å². The third kappa shape index (κ3) is 3.09. The normalized spacial score (nSPS) is 26.5. The third-order valence-electron chi connectivity index (χ3n) is 2.13. The topological polar surface area (TPSA) is 41.5 Å². The van der Waals surface area contributed by atoms with Crippen LogP contribution in [0.15, 0.2) is 0 Å². The van der Waals surface area contributed by atoms with Crippen LogP contribution in [0.2, 0.25) is 0 Å². The fourth-order valence-corrected chi connectivity index (χ4v) is 1.39. The molecule has 0 aromatic carbocycles. The lowest BCUT2D eigenvalue weighted by Crippen LogP contribution is -2.38. The molecule has 2 atom stereocenters. The van der Waals surface area contributed by atoms with E-state index in [2.05, 4.69) is 19.2 Å². The SMILES string of the molecule is CC(C)NCC(O)C1CCCO1. The van der Waals surface area contributed by atoms with Crippen molar-refractivity contribution in [3.8, 4) is 0 Å². The smallest absolute Gasteiger partial charge is 0.0925 e. The molecule has 1 aliphatic heterocycles. The first-order valence-corrected chi connectivity index (χ1v) is 4.73. The molecule has 2 unspecified atom stereocenters. The lowest BCUT2D eigenvalue weighted by molar-refractivity contribution is -0.00122. The van der Waals surface area contributed by atoms with Crippen LogP contribution in [0.3, 0.4) is 0 Å². The van der Waals surface area contributed by atoms with Gasteiger partial charge in [-0.05, 0) is 12.8 Å². The Bertz CT molecular complexity index is 122. The molecule has 0 spiro atoms. The molecular formula is C9H19NO2. The van der Waals surface area contributed by atoms with E-state index in [0.717, 1.165) is 19.4 Å². The number of aliphatic hydroxyl groups is 1. The summed E-state index contributed by atoms with van der Waals surface area (Å²) in [6.45, 7) is 5.59. The Kier molecular flexibility index (Phi) is 3.98. The van der Waals surface area contributed by atoms with Crippen molar-refractivity contribution in [2.75, 3.05) is 13.2 Å². The summed E-state index contributed by atoms with van der Waals surface area (Å²) in [5, 5.41) is 12.8. The third-order valence-corrected chi connectivity index (χ3v) is 2.13. The van der Waals surface area contributed by atoms with Gasteiger partial charge in [-0.2, -0.15) is 0 Å². The Morgan fingerprint density at radius 3 is 2.83 bits per heavy atom. The molecule has 0 radical (unpaired) electrons. The summed E-state index contributed by atoms with van der Waals surface area (Å²) in [7, 11) is 0. The van der Waals surface area contributed by atoms with Gasteiger partial charge in [0, 0.05) is 19.2 Å². The summed E-state index contributed by atoms with van der Waals surface area (Å²) in [5.41, 5.74) is 0. The minimum atomic E-state index is -0.338. The van der Waals surface area contributed by atoms with E-state index in [1.807, 2.05) is 0 Å². The fourth-order valence-electron chi connectivity index (χ4n) is 1.39. The van der Waals surface area contributed by atoms with Gasteiger partial charge in [-0.1, -0.05) is 13.8 Å². The van der Waals surface area contributed by atoms with Crippen molar-refractivity contribution in [2.24, 2.45) is 0 Å². The minimum Gasteiger partial charge on any atom is -0.389 e. The molecule has 3 nitrogen and oxygen atoms in total. The van der Waals surface area contributed by atoms with E-state index in [1.165, 1.54) is 0 Å². The fraction of sp³-hybridized carbons (Fsp3) is 1.00. The van der Waals surface area contributed by atoms with E-state index in [4.69, 9.17) is 4.74 Å². The molecule has 1 aliphatic rings. The van der Waals surface area contributed by atoms with Crippen molar-refractivity contribution in [3.05, 3.63) is 0 Å². The summed E-state index contributed by atoms with van der Waals surface area (Å²) < 4.78 is 5.36. The molecule has 3 heteroatoms. The number of hydrogen-bond donors (Lipinski definition) is 2. The van der Waals surface area contributed by atoms with E-state index in [0.29, 0.717) is 12.6 Å². The summed E-state index contributed by atoms with van der Waals surface area (Å²) in [5.74, 6) is 0. The van der Waals surface area contributed by atoms with E-state index < -0.39 is 0 Å². The average Bonchev–Trinajstić information content (AvgIpc) is 2.51. The zero-order valence-corrected chi connectivity index (χ0v) is 7.92. The lowest BCUT2D eigenvalue weighted by atomic mass is 10.1. The molecule has 1 heterocycles. The van der Waals surface area contributed by atoms with Crippen molar-refractivity contribution in [1.82, 2.24) is 5.32 Å². The van der Waals surface area contributed by atoms with Crippen molar-refractivity contribution in [3.63, 3.8) is 0 Å². The van der Waals surface area contributed by atoms with Gasteiger partial charge in [0.1, 0.15) is 0 Å². The maximum Gasteiger partial charge on any atom is 0.0925 e. The van der Waals surface area contributed by atoms with Gasteiger partial charge in [0.2, 0.25) is 0 Å². The van der Waals surface area contributed by atoms with Crippen LogP contribution in [0.5, 0.6) is 0 Å². The largest absolute Gasteiger partial charge is 0.389 e. The van der Waals surface area contributed by atoms with E-state index >= 15 is 0 Å². The summed E-state index contributed by atoms with van der Waals surface area (Å²) >= 11 is 0. The molecule has 2 N–H and O–H groups in total. The van der Waals surface area contributed by atoms with Gasteiger partial charge in [-0.25, -0.2) is 0 Å². The van der Waals surface area contributed by atoms with Gasteiger partial charge in [-0.3, -0.25) is 0 Å². The summed E-state index contributed by atoms with van der Waals surface area (Å²) in [6.07, 6.45) is 1.82. The molecule has 0 saturated carbocycles. The highest BCUT2D eigenvalue weighted by Gasteiger charge is 2.23. The Labute approximate surface area is 74.1 Å². The molecule has 1 saturated heterocycles. The van der Waals surface area contributed by atoms with Crippen molar-refractivity contribution in [1.29, 1.82) is 0 Å².